The molecule has 5 heteroatoms. The van der Waals surface area contributed by atoms with Crippen LogP contribution in [0.1, 0.15) is 12.0 Å². The summed E-state index contributed by atoms with van der Waals surface area (Å²) in [7, 11) is 0. The summed E-state index contributed by atoms with van der Waals surface area (Å²) in [5.41, 5.74) is 1.51. The largest absolute Gasteiger partial charge is 0.368 e. The Labute approximate surface area is 108 Å². The Morgan fingerprint density at radius 3 is 3.00 bits per heavy atom. The van der Waals surface area contributed by atoms with Crippen LogP contribution in [0.4, 0.5) is 5.69 Å². The van der Waals surface area contributed by atoms with E-state index in [1.54, 1.807) is 0 Å². The Balaban J connectivity index is 2.31. The van der Waals surface area contributed by atoms with E-state index in [2.05, 4.69) is 32.2 Å². The van der Waals surface area contributed by atoms with Gasteiger partial charge < -0.3 is 10.2 Å². The Morgan fingerprint density at radius 1 is 1.41 bits per heavy atom. The number of hydrogen-bond acceptors (Lipinski definition) is 3. The van der Waals surface area contributed by atoms with Gasteiger partial charge in [0.1, 0.15) is 6.07 Å². The Kier molecular flexibility index (Phi) is 3.64. The van der Waals surface area contributed by atoms with Crippen molar-refractivity contribution < 1.29 is 4.79 Å². The fourth-order valence-electron chi connectivity index (χ4n) is 1.89. The number of rotatable bonds is 1. The SMILES string of the molecule is N#Cc1c(Br)cccc1N1CCNC(=O)CC1. The van der Waals surface area contributed by atoms with Gasteiger partial charge in [-0.3, -0.25) is 4.79 Å². The van der Waals surface area contributed by atoms with Crippen molar-refractivity contribution in [1.29, 1.82) is 5.26 Å². The summed E-state index contributed by atoms with van der Waals surface area (Å²) in [6.45, 7) is 2.00. The van der Waals surface area contributed by atoms with Gasteiger partial charge in [0.2, 0.25) is 5.91 Å². The highest BCUT2D eigenvalue weighted by molar-refractivity contribution is 9.10. The van der Waals surface area contributed by atoms with Gasteiger partial charge in [0.15, 0.2) is 0 Å². The van der Waals surface area contributed by atoms with Crippen LogP contribution in [0.3, 0.4) is 0 Å². The molecule has 1 amide bonds. The fourth-order valence-corrected chi connectivity index (χ4v) is 2.34. The molecule has 1 aromatic rings. The lowest BCUT2D eigenvalue weighted by atomic mass is 10.1. The highest BCUT2D eigenvalue weighted by Crippen LogP contribution is 2.27. The first kappa shape index (κ1) is 11.9. The minimum Gasteiger partial charge on any atom is -0.368 e. The highest BCUT2D eigenvalue weighted by Gasteiger charge is 2.17. The van der Waals surface area contributed by atoms with Crippen LogP contribution >= 0.6 is 15.9 Å². The van der Waals surface area contributed by atoms with Gasteiger partial charge in [0, 0.05) is 30.5 Å². The first-order valence-electron chi connectivity index (χ1n) is 5.42. The summed E-state index contributed by atoms with van der Waals surface area (Å²) in [4.78, 5) is 13.3. The van der Waals surface area contributed by atoms with Crippen LogP contribution in [-0.4, -0.2) is 25.5 Å². The minimum atomic E-state index is 0.0704. The Hall–Kier alpha value is -1.54. The molecule has 0 aliphatic carbocycles. The number of carbonyl (C=O) groups excluding carboxylic acids is 1. The maximum absolute atomic E-state index is 11.3. The molecule has 2 rings (SSSR count). The van der Waals surface area contributed by atoms with Crippen molar-refractivity contribution in [3.05, 3.63) is 28.2 Å². The summed E-state index contributed by atoms with van der Waals surface area (Å²) in [6.07, 6.45) is 0.470. The number of hydrogen-bond donors (Lipinski definition) is 1. The number of halogens is 1. The number of nitriles is 1. The summed E-state index contributed by atoms with van der Waals surface area (Å²) < 4.78 is 0.793. The standard InChI is InChI=1S/C12H12BrN3O/c13-10-2-1-3-11(9(10)8-14)16-6-4-12(17)15-5-7-16/h1-3H,4-7H2,(H,15,17). The van der Waals surface area contributed by atoms with Crippen LogP contribution in [0.15, 0.2) is 22.7 Å². The minimum absolute atomic E-state index is 0.0704. The predicted molar refractivity (Wildman–Crippen MR) is 68.7 cm³/mol. The number of amides is 1. The highest BCUT2D eigenvalue weighted by atomic mass is 79.9. The van der Waals surface area contributed by atoms with Crippen molar-refractivity contribution in [3.63, 3.8) is 0 Å². The molecule has 0 atom stereocenters. The molecule has 0 spiro atoms. The first-order chi connectivity index (χ1) is 8.22. The molecule has 0 unspecified atom stereocenters. The van der Waals surface area contributed by atoms with Crippen molar-refractivity contribution in [2.24, 2.45) is 0 Å². The van der Waals surface area contributed by atoms with Gasteiger partial charge in [-0.05, 0) is 28.1 Å². The van der Waals surface area contributed by atoms with Gasteiger partial charge in [-0.15, -0.1) is 0 Å². The zero-order valence-corrected chi connectivity index (χ0v) is 10.8. The fraction of sp³-hybridized carbons (Fsp3) is 0.333. The monoisotopic (exact) mass is 293 g/mol. The van der Waals surface area contributed by atoms with E-state index in [1.165, 1.54) is 0 Å². The van der Waals surface area contributed by atoms with Gasteiger partial charge in [-0.1, -0.05) is 6.07 Å². The third-order valence-corrected chi connectivity index (χ3v) is 3.42. The molecule has 0 saturated carbocycles. The van der Waals surface area contributed by atoms with Crippen LogP contribution in [0.25, 0.3) is 0 Å². The van der Waals surface area contributed by atoms with Crippen LogP contribution in [-0.2, 0) is 4.79 Å². The molecule has 17 heavy (non-hydrogen) atoms. The maximum Gasteiger partial charge on any atom is 0.221 e. The third-order valence-electron chi connectivity index (χ3n) is 2.76. The second-order valence-corrected chi connectivity index (χ2v) is 4.69. The Bertz CT molecular complexity index is 481. The van der Waals surface area contributed by atoms with Gasteiger partial charge in [-0.25, -0.2) is 0 Å². The molecule has 1 aliphatic rings. The molecule has 1 fully saturated rings. The van der Waals surface area contributed by atoms with Crippen molar-refractivity contribution in [1.82, 2.24) is 5.32 Å². The molecule has 1 saturated heterocycles. The molecular weight excluding hydrogens is 282 g/mol. The molecule has 0 bridgehead atoms. The molecule has 1 aliphatic heterocycles. The van der Waals surface area contributed by atoms with Crippen molar-refractivity contribution >= 4 is 27.5 Å². The zero-order chi connectivity index (χ0) is 12.3. The average Bonchev–Trinajstić information content (AvgIpc) is 2.54. The van der Waals surface area contributed by atoms with E-state index in [0.29, 0.717) is 25.1 Å². The molecule has 1 N–H and O–H groups in total. The summed E-state index contributed by atoms with van der Waals surface area (Å²) in [5.74, 6) is 0.0704. The number of carbonyl (C=O) groups is 1. The topological polar surface area (TPSA) is 56.1 Å². The molecule has 1 aromatic carbocycles. The van der Waals surface area contributed by atoms with Crippen molar-refractivity contribution in [3.8, 4) is 6.07 Å². The van der Waals surface area contributed by atoms with Gasteiger partial charge in [-0.2, -0.15) is 5.26 Å². The van der Waals surface area contributed by atoms with Crippen LogP contribution in [0.5, 0.6) is 0 Å². The molecule has 1 heterocycles. The van der Waals surface area contributed by atoms with E-state index in [0.717, 1.165) is 16.7 Å². The molecular formula is C12H12BrN3O. The van der Waals surface area contributed by atoms with Gasteiger partial charge >= 0.3 is 0 Å². The molecule has 0 aromatic heterocycles. The Morgan fingerprint density at radius 2 is 2.24 bits per heavy atom. The lowest BCUT2D eigenvalue weighted by Crippen LogP contribution is -2.28. The zero-order valence-electron chi connectivity index (χ0n) is 9.24. The number of nitrogens with zero attached hydrogens (tertiary/aromatic N) is 2. The molecule has 88 valence electrons. The van der Waals surface area contributed by atoms with Crippen molar-refractivity contribution in [2.45, 2.75) is 6.42 Å². The third kappa shape index (κ3) is 2.59. The first-order valence-corrected chi connectivity index (χ1v) is 6.22. The smallest absolute Gasteiger partial charge is 0.221 e. The van der Waals surface area contributed by atoms with Crippen LogP contribution < -0.4 is 10.2 Å². The number of anilines is 1. The van der Waals surface area contributed by atoms with E-state index in [-0.39, 0.29) is 5.91 Å². The van der Waals surface area contributed by atoms with E-state index >= 15 is 0 Å². The second-order valence-electron chi connectivity index (χ2n) is 3.83. The summed E-state index contributed by atoms with van der Waals surface area (Å²) in [6, 6.07) is 7.87. The second kappa shape index (κ2) is 5.19. The predicted octanol–water partition coefficient (Wildman–Crippen LogP) is 1.65. The van der Waals surface area contributed by atoms with E-state index in [4.69, 9.17) is 5.26 Å². The summed E-state index contributed by atoms with van der Waals surface area (Å²) in [5, 5.41) is 12.0. The van der Waals surface area contributed by atoms with Gasteiger partial charge in [0.25, 0.3) is 0 Å². The van der Waals surface area contributed by atoms with E-state index in [1.807, 2.05) is 18.2 Å². The lowest BCUT2D eigenvalue weighted by molar-refractivity contribution is -0.120. The van der Waals surface area contributed by atoms with Crippen LogP contribution in [0.2, 0.25) is 0 Å². The number of nitrogens with one attached hydrogen (secondary N) is 1. The van der Waals surface area contributed by atoms with Crippen molar-refractivity contribution in [2.75, 3.05) is 24.5 Å². The normalized spacial score (nSPS) is 16.0. The van der Waals surface area contributed by atoms with Gasteiger partial charge in [0.05, 0.1) is 11.3 Å². The quantitative estimate of drug-likeness (QED) is 0.857. The summed E-state index contributed by atoms with van der Waals surface area (Å²) >= 11 is 3.37. The molecule has 0 radical (unpaired) electrons. The maximum atomic E-state index is 11.3. The number of benzene rings is 1. The average molecular weight is 294 g/mol. The lowest BCUT2D eigenvalue weighted by Gasteiger charge is -2.23. The van der Waals surface area contributed by atoms with E-state index in [9.17, 15) is 4.79 Å². The molecule has 4 nitrogen and oxygen atoms in total. The van der Waals surface area contributed by atoms with Crippen LogP contribution in [0, 0.1) is 11.3 Å². The van der Waals surface area contributed by atoms with E-state index < -0.39 is 0 Å².